The van der Waals surface area contributed by atoms with Gasteiger partial charge in [0.25, 0.3) is 0 Å². The van der Waals surface area contributed by atoms with Crippen molar-refractivity contribution in [3.8, 4) is 16.9 Å². The van der Waals surface area contributed by atoms with Gasteiger partial charge in [0.1, 0.15) is 5.75 Å². The molecule has 0 saturated heterocycles. The molecule has 0 fully saturated rings. The van der Waals surface area contributed by atoms with Gasteiger partial charge in [-0.3, -0.25) is 0 Å². The first-order chi connectivity index (χ1) is 13.1. The number of aryl methyl sites for hydroxylation is 2. The van der Waals surface area contributed by atoms with Crippen LogP contribution in [0, 0.1) is 19.3 Å². The van der Waals surface area contributed by atoms with E-state index in [4.69, 9.17) is 4.74 Å². The van der Waals surface area contributed by atoms with Gasteiger partial charge in [-0.25, -0.2) is 0 Å². The van der Waals surface area contributed by atoms with E-state index in [0.29, 0.717) is 0 Å². The molecule has 0 aromatic heterocycles. The maximum atomic E-state index is 5.68. The Bertz CT molecular complexity index is 804. The van der Waals surface area contributed by atoms with Crippen LogP contribution in [-0.2, 0) is 6.42 Å². The molecule has 28 heavy (non-hydrogen) atoms. The van der Waals surface area contributed by atoms with Crippen LogP contribution in [0.25, 0.3) is 16.7 Å². The van der Waals surface area contributed by atoms with Crippen molar-refractivity contribution in [3.05, 3.63) is 58.7 Å². The first-order valence-corrected chi connectivity index (χ1v) is 10.6. The fourth-order valence-electron chi connectivity index (χ4n) is 3.68. The van der Waals surface area contributed by atoms with Crippen molar-refractivity contribution in [2.24, 2.45) is 5.41 Å². The van der Waals surface area contributed by atoms with Crippen LogP contribution >= 0.6 is 0 Å². The molecular formula is C27H40O. The molecule has 0 amide bonds. The van der Waals surface area contributed by atoms with Gasteiger partial charge in [0.2, 0.25) is 0 Å². The molecule has 2 aromatic carbocycles. The summed E-state index contributed by atoms with van der Waals surface area (Å²) in [6, 6.07) is 10.9. The summed E-state index contributed by atoms with van der Waals surface area (Å²) in [4.78, 5) is 0. The molecule has 2 aromatic rings. The summed E-state index contributed by atoms with van der Waals surface area (Å²) in [6.45, 7) is 19.8. The predicted molar refractivity (Wildman–Crippen MR) is 126 cm³/mol. The number of benzene rings is 2. The third-order valence-electron chi connectivity index (χ3n) is 4.57. The number of hydrogen-bond acceptors (Lipinski definition) is 1. The third-order valence-corrected chi connectivity index (χ3v) is 4.57. The Morgan fingerprint density at radius 1 is 0.964 bits per heavy atom. The summed E-state index contributed by atoms with van der Waals surface area (Å²) in [5.74, 6) is 0.946. The fourth-order valence-corrected chi connectivity index (χ4v) is 3.68. The minimum Gasteiger partial charge on any atom is -0.496 e. The third kappa shape index (κ3) is 6.26. The van der Waals surface area contributed by atoms with Crippen molar-refractivity contribution < 1.29 is 4.74 Å². The first kappa shape index (κ1) is 24.0. The monoisotopic (exact) mass is 380 g/mol. The molecule has 0 spiro atoms. The van der Waals surface area contributed by atoms with E-state index in [-0.39, 0.29) is 5.41 Å². The van der Waals surface area contributed by atoms with E-state index in [1.165, 1.54) is 45.4 Å². The Morgan fingerprint density at radius 2 is 1.54 bits per heavy atom. The van der Waals surface area contributed by atoms with E-state index in [1.807, 2.05) is 0 Å². The molecule has 0 bridgehead atoms. The van der Waals surface area contributed by atoms with E-state index < -0.39 is 0 Å². The van der Waals surface area contributed by atoms with Crippen LogP contribution in [0.2, 0.25) is 0 Å². The summed E-state index contributed by atoms with van der Waals surface area (Å²) in [6.07, 6.45) is 4.63. The van der Waals surface area contributed by atoms with Crippen molar-refractivity contribution >= 4 is 5.57 Å². The zero-order valence-corrected chi connectivity index (χ0v) is 19.8. The molecule has 0 aliphatic carbocycles. The Hall–Kier alpha value is -2.02. The predicted octanol–water partition coefficient (Wildman–Crippen LogP) is 8.41. The minimum atomic E-state index is 0.166. The van der Waals surface area contributed by atoms with E-state index in [1.54, 1.807) is 7.11 Å². The first-order valence-electron chi connectivity index (χ1n) is 10.6. The van der Waals surface area contributed by atoms with Gasteiger partial charge in [-0.1, -0.05) is 78.3 Å². The number of methoxy groups -OCH3 is 1. The van der Waals surface area contributed by atoms with Crippen LogP contribution in [0.5, 0.6) is 5.75 Å². The van der Waals surface area contributed by atoms with Gasteiger partial charge in [0, 0.05) is 5.56 Å². The molecule has 2 rings (SSSR count). The average Bonchev–Trinajstić information content (AvgIpc) is 2.60. The molecule has 1 nitrogen and oxygen atoms in total. The van der Waals surface area contributed by atoms with E-state index in [9.17, 15) is 0 Å². The largest absolute Gasteiger partial charge is 0.496 e. The highest BCUT2D eigenvalue weighted by molar-refractivity contribution is 5.81. The highest BCUT2D eigenvalue weighted by Gasteiger charge is 2.17. The maximum Gasteiger partial charge on any atom is 0.126 e. The Kier molecular flexibility index (Phi) is 9.01. The second-order valence-electron chi connectivity index (χ2n) is 8.74. The molecule has 0 heterocycles. The standard InChI is InChI=1S/C24H32O.C3H8/c1-9-19-20(21-12-10-16(2)14-22(21)25-8)13-11-17(3)23(19)18(4)15-24(5,6)7;1-3-2/h10-15H,9H2,1-8H3;3H2,1-2H3/b18-15-;. The molecule has 154 valence electrons. The number of ether oxygens (including phenoxy) is 1. The molecule has 0 atom stereocenters. The van der Waals surface area contributed by atoms with Gasteiger partial charge in [-0.05, 0) is 72.1 Å². The summed E-state index contributed by atoms with van der Waals surface area (Å²) in [5, 5.41) is 0. The SMILES string of the molecule is CCC.CCc1c(-c2ccc(C)cc2OC)ccc(C)c1/C(C)=C\C(C)(C)C. The lowest BCUT2D eigenvalue weighted by atomic mass is 9.84. The van der Waals surface area contributed by atoms with Gasteiger partial charge in [-0.2, -0.15) is 0 Å². The van der Waals surface area contributed by atoms with Gasteiger partial charge < -0.3 is 4.74 Å². The lowest BCUT2D eigenvalue weighted by molar-refractivity contribution is 0.416. The van der Waals surface area contributed by atoms with Crippen LogP contribution in [0.15, 0.2) is 36.4 Å². The van der Waals surface area contributed by atoms with Crippen LogP contribution in [-0.4, -0.2) is 7.11 Å². The zero-order valence-electron chi connectivity index (χ0n) is 19.8. The van der Waals surface area contributed by atoms with Crippen molar-refractivity contribution in [3.63, 3.8) is 0 Å². The van der Waals surface area contributed by atoms with Crippen LogP contribution in [0.3, 0.4) is 0 Å². The smallest absolute Gasteiger partial charge is 0.126 e. The van der Waals surface area contributed by atoms with E-state index in [2.05, 4.69) is 98.7 Å². The molecule has 0 radical (unpaired) electrons. The summed E-state index contributed by atoms with van der Waals surface area (Å²) in [7, 11) is 1.75. The molecular weight excluding hydrogens is 340 g/mol. The van der Waals surface area contributed by atoms with Gasteiger partial charge in [-0.15, -0.1) is 0 Å². The van der Waals surface area contributed by atoms with Gasteiger partial charge >= 0.3 is 0 Å². The van der Waals surface area contributed by atoms with Crippen molar-refractivity contribution in [1.29, 1.82) is 0 Å². The second-order valence-corrected chi connectivity index (χ2v) is 8.74. The topological polar surface area (TPSA) is 9.23 Å². The highest BCUT2D eigenvalue weighted by Crippen LogP contribution is 2.38. The minimum absolute atomic E-state index is 0.166. The van der Waals surface area contributed by atoms with Crippen LogP contribution in [0.4, 0.5) is 0 Å². The maximum absolute atomic E-state index is 5.68. The van der Waals surface area contributed by atoms with Crippen molar-refractivity contribution in [2.45, 2.75) is 75.2 Å². The number of allylic oxidation sites excluding steroid dienone is 2. The van der Waals surface area contributed by atoms with Gasteiger partial charge in [0.05, 0.1) is 7.11 Å². The fraction of sp³-hybridized carbons (Fsp3) is 0.481. The molecule has 0 aliphatic rings. The molecule has 0 N–H and O–H groups in total. The number of hydrogen-bond donors (Lipinski definition) is 0. The molecule has 1 heteroatoms. The van der Waals surface area contributed by atoms with Gasteiger partial charge in [0.15, 0.2) is 0 Å². The van der Waals surface area contributed by atoms with Crippen molar-refractivity contribution in [2.75, 3.05) is 7.11 Å². The molecule has 0 aliphatic heterocycles. The Balaban J connectivity index is 0.00000122. The summed E-state index contributed by atoms with van der Waals surface area (Å²) < 4.78 is 5.68. The van der Waals surface area contributed by atoms with E-state index in [0.717, 1.165) is 12.2 Å². The Labute approximate surface area is 173 Å². The normalized spacial score (nSPS) is 11.7. The van der Waals surface area contributed by atoms with Crippen molar-refractivity contribution in [1.82, 2.24) is 0 Å². The number of rotatable bonds is 4. The summed E-state index contributed by atoms with van der Waals surface area (Å²) >= 11 is 0. The zero-order chi connectivity index (χ0) is 21.5. The second kappa shape index (κ2) is 10.5. The summed E-state index contributed by atoms with van der Waals surface area (Å²) in [5.41, 5.74) is 9.32. The van der Waals surface area contributed by atoms with Crippen LogP contribution in [0.1, 0.15) is 77.1 Å². The Morgan fingerprint density at radius 3 is 2.04 bits per heavy atom. The average molecular weight is 381 g/mol. The molecule has 0 unspecified atom stereocenters. The lowest BCUT2D eigenvalue weighted by Gasteiger charge is -2.21. The molecule has 0 saturated carbocycles. The van der Waals surface area contributed by atoms with E-state index >= 15 is 0 Å². The van der Waals surface area contributed by atoms with Crippen LogP contribution < -0.4 is 4.74 Å². The lowest BCUT2D eigenvalue weighted by Crippen LogP contribution is -2.04. The quantitative estimate of drug-likeness (QED) is 0.517. The highest BCUT2D eigenvalue weighted by atomic mass is 16.5.